The van der Waals surface area contributed by atoms with E-state index in [9.17, 15) is 14.7 Å². The summed E-state index contributed by atoms with van der Waals surface area (Å²) >= 11 is 0. The molecule has 2 N–H and O–H groups in total. The van der Waals surface area contributed by atoms with E-state index in [-0.39, 0.29) is 24.7 Å². The molecule has 1 unspecified atom stereocenters. The maximum Gasteiger partial charge on any atom is 0.325 e. The first-order valence-corrected chi connectivity index (χ1v) is 5.51. The lowest BCUT2D eigenvalue weighted by Crippen LogP contribution is -2.34. The van der Waals surface area contributed by atoms with Crippen molar-refractivity contribution >= 4 is 11.9 Å². The molecule has 2 heterocycles. The zero-order valence-corrected chi connectivity index (χ0v) is 9.91. The lowest BCUT2D eigenvalue weighted by molar-refractivity contribution is -0.137. The lowest BCUT2D eigenvalue weighted by atomic mass is 10.1. The van der Waals surface area contributed by atoms with Crippen molar-refractivity contribution in [1.29, 1.82) is 0 Å². The first-order valence-electron chi connectivity index (χ1n) is 5.51. The number of carboxylic acid groups (broad SMARTS) is 1. The summed E-state index contributed by atoms with van der Waals surface area (Å²) in [5.74, 6) is -1.40. The molecule has 18 heavy (non-hydrogen) atoms. The molecule has 1 aliphatic heterocycles. The van der Waals surface area contributed by atoms with Gasteiger partial charge >= 0.3 is 5.97 Å². The van der Waals surface area contributed by atoms with Crippen LogP contribution in [0.1, 0.15) is 23.8 Å². The third-order valence-corrected chi connectivity index (χ3v) is 2.79. The number of rotatable bonds is 3. The number of carbonyl (C=O) groups excluding carboxylic acids is 1. The summed E-state index contributed by atoms with van der Waals surface area (Å²) in [5, 5.41) is 25.5. The Labute approximate surface area is 103 Å². The fourth-order valence-corrected chi connectivity index (χ4v) is 1.89. The van der Waals surface area contributed by atoms with Crippen LogP contribution in [0.2, 0.25) is 0 Å². The quantitative estimate of drug-likeness (QED) is 0.713. The maximum atomic E-state index is 12.0. The molecule has 0 bridgehead atoms. The lowest BCUT2D eigenvalue weighted by Gasteiger charge is -2.17. The molecular formula is C10H14N4O4. The number of β-amino-alcohol motifs (C(OH)–C–C–N with tert-alkyl or cyclic N) is 1. The van der Waals surface area contributed by atoms with Gasteiger partial charge in [0.25, 0.3) is 5.91 Å². The average molecular weight is 254 g/mol. The number of nitrogens with zero attached hydrogens (tertiary/aromatic N) is 4. The number of hydrogen-bond acceptors (Lipinski definition) is 5. The van der Waals surface area contributed by atoms with Crippen molar-refractivity contribution in [3.05, 3.63) is 11.9 Å². The smallest absolute Gasteiger partial charge is 0.325 e. The molecule has 1 amide bonds. The van der Waals surface area contributed by atoms with Crippen LogP contribution in [-0.2, 0) is 11.3 Å². The van der Waals surface area contributed by atoms with Crippen LogP contribution < -0.4 is 0 Å². The van der Waals surface area contributed by atoms with Gasteiger partial charge in [0.15, 0.2) is 5.69 Å². The van der Waals surface area contributed by atoms with E-state index in [2.05, 4.69) is 10.3 Å². The van der Waals surface area contributed by atoms with E-state index in [1.807, 2.05) is 0 Å². The number of aliphatic carboxylic acids is 1. The van der Waals surface area contributed by atoms with Gasteiger partial charge in [-0.2, -0.15) is 0 Å². The summed E-state index contributed by atoms with van der Waals surface area (Å²) in [4.78, 5) is 23.9. The fraction of sp³-hybridized carbons (Fsp3) is 0.600. The van der Waals surface area contributed by atoms with Gasteiger partial charge in [-0.05, 0) is 13.3 Å². The largest absolute Gasteiger partial charge is 0.480 e. The van der Waals surface area contributed by atoms with Gasteiger partial charge < -0.3 is 15.1 Å². The number of carboxylic acids is 1. The van der Waals surface area contributed by atoms with Gasteiger partial charge in [0.05, 0.1) is 11.8 Å². The van der Waals surface area contributed by atoms with Gasteiger partial charge in [-0.1, -0.05) is 5.21 Å². The molecular weight excluding hydrogens is 240 g/mol. The SMILES string of the molecule is CC1(O)CCN(C(=O)c2cn(CC(=O)O)nn2)C1. The van der Waals surface area contributed by atoms with E-state index >= 15 is 0 Å². The van der Waals surface area contributed by atoms with E-state index < -0.39 is 11.6 Å². The van der Waals surface area contributed by atoms with Crippen molar-refractivity contribution in [3.8, 4) is 0 Å². The van der Waals surface area contributed by atoms with Gasteiger partial charge in [-0.25, -0.2) is 4.68 Å². The number of amides is 1. The summed E-state index contributed by atoms with van der Waals surface area (Å²) in [7, 11) is 0. The molecule has 1 aliphatic rings. The minimum atomic E-state index is -1.05. The fourth-order valence-electron chi connectivity index (χ4n) is 1.89. The van der Waals surface area contributed by atoms with Crippen molar-refractivity contribution < 1.29 is 19.8 Å². The summed E-state index contributed by atoms with van der Waals surface area (Å²) in [6, 6.07) is 0. The molecule has 8 heteroatoms. The topological polar surface area (TPSA) is 109 Å². The van der Waals surface area contributed by atoms with Crippen molar-refractivity contribution in [2.45, 2.75) is 25.5 Å². The average Bonchev–Trinajstić information content (AvgIpc) is 2.83. The highest BCUT2D eigenvalue weighted by Gasteiger charge is 2.35. The number of aliphatic hydroxyl groups is 1. The summed E-state index contributed by atoms with van der Waals surface area (Å²) in [5.41, 5.74) is -0.777. The molecule has 1 aromatic heterocycles. The Morgan fingerprint density at radius 3 is 2.83 bits per heavy atom. The Balaban J connectivity index is 2.05. The van der Waals surface area contributed by atoms with Gasteiger partial charge in [-0.15, -0.1) is 5.10 Å². The Bertz CT molecular complexity index is 482. The van der Waals surface area contributed by atoms with Crippen molar-refractivity contribution in [3.63, 3.8) is 0 Å². The molecule has 2 rings (SSSR count). The molecule has 1 saturated heterocycles. The monoisotopic (exact) mass is 254 g/mol. The molecule has 1 atom stereocenters. The van der Waals surface area contributed by atoms with Crippen LogP contribution in [0.4, 0.5) is 0 Å². The van der Waals surface area contributed by atoms with Crippen LogP contribution in [0, 0.1) is 0 Å². The van der Waals surface area contributed by atoms with Gasteiger partial charge in [0.2, 0.25) is 0 Å². The van der Waals surface area contributed by atoms with E-state index in [0.29, 0.717) is 13.0 Å². The first-order chi connectivity index (χ1) is 8.37. The second-order valence-corrected chi connectivity index (χ2v) is 4.67. The third kappa shape index (κ3) is 2.65. The molecule has 0 radical (unpaired) electrons. The molecule has 0 aromatic carbocycles. The van der Waals surface area contributed by atoms with Crippen LogP contribution in [0.25, 0.3) is 0 Å². The molecule has 98 valence electrons. The zero-order valence-electron chi connectivity index (χ0n) is 9.91. The van der Waals surface area contributed by atoms with Gasteiger partial charge in [0.1, 0.15) is 6.54 Å². The normalized spacial score (nSPS) is 23.3. The molecule has 8 nitrogen and oxygen atoms in total. The minimum absolute atomic E-state index is 0.0916. The van der Waals surface area contributed by atoms with Crippen LogP contribution in [0.15, 0.2) is 6.20 Å². The van der Waals surface area contributed by atoms with Crippen LogP contribution >= 0.6 is 0 Å². The summed E-state index contributed by atoms with van der Waals surface area (Å²) in [6.45, 7) is 2.04. The Hall–Kier alpha value is -1.96. The molecule has 0 aliphatic carbocycles. The second-order valence-electron chi connectivity index (χ2n) is 4.67. The Morgan fingerprint density at radius 1 is 1.56 bits per heavy atom. The Morgan fingerprint density at radius 2 is 2.28 bits per heavy atom. The molecule has 1 aromatic rings. The van der Waals surface area contributed by atoms with E-state index in [4.69, 9.17) is 5.11 Å². The van der Waals surface area contributed by atoms with Crippen molar-refractivity contribution in [2.24, 2.45) is 0 Å². The number of hydrogen-bond donors (Lipinski definition) is 2. The first kappa shape index (κ1) is 12.5. The predicted molar refractivity (Wildman–Crippen MR) is 58.8 cm³/mol. The van der Waals surface area contributed by atoms with E-state index in [0.717, 1.165) is 4.68 Å². The van der Waals surface area contributed by atoms with E-state index in [1.165, 1.54) is 11.1 Å². The van der Waals surface area contributed by atoms with Crippen LogP contribution in [0.3, 0.4) is 0 Å². The highest BCUT2D eigenvalue weighted by atomic mass is 16.4. The van der Waals surface area contributed by atoms with Gasteiger partial charge in [0, 0.05) is 13.1 Å². The van der Waals surface area contributed by atoms with Crippen molar-refractivity contribution in [1.82, 2.24) is 19.9 Å². The second kappa shape index (κ2) is 4.37. The molecule has 0 saturated carbocycles. The van der Waals surface area contributed by atoms with Gasteiger partial charge in [-0.3, -0.25) is 9.59 Å². The third-order valence-electron chi connectivity index (χ3n) is 2.79. The number of likely N-dealkylation sites (tertiary alicyclic amines) is 1. The number of carbonyl (C=O) groups is 2. The van der Waals surface area contributed by atoms with Crippen LogP contribution in [0.5, 0.6) is 0 Å². The van der Waals surface area contributed by atoms with Crippen molar-refractivity contribution in [2.75, 3.05) is 13.1 Å². The minimum Gasteiger partial charge on any atom is -0.480 e. The van der Waals surface area contributed by atoms with Crippen LogP contribution in [-0.4, -0.2) is 60.7 Å². The summed E-state index contributed by atoms with van der Waals surface area (Å²) in [6.07, 6.45) is 1.81. The van der Waals surface area contributed by atoms with E-state index in [1.54, 1.807) is 6.92 Å². The molecule has 0 spiro atoms. The number of aromatic nitrogens is 3. The standard InChI is InChI=1S/C10H14N4O4/c1-10(18)2-3-13(6-10)9(17)7-4-14(12-11-7)5-8(15)16/h4,18H,2-3,5-6H2,1H3,(H,15,16). The highest BCUT2D eigenvalue weighted by Crippen LogP contribution is 2.21. The molecule has 1 fully saturated rings. The summed E-state index contributed by atoms with van der Waals surface area (Å²) < 4.78 is 1.09. The zero-order chi connectivity index (χ0) is 13.3. The maximum absolute atomic E-state index is 12.0. The highest BCUT2D eigenvalue weighted by molar-refractivity contribution is 5.92. The predicted octanol–water partition coefficient (Wildman–Crippen LogP) is -1.04. The Kier molecular flexibility index (Phi) is 3.04.